The van der Waals surface area contributed by atoms with Crippen molar-refractivity contribution in [3.63, 3.8) is 0 Å². The Morgan fingerprint density at radius 2 is 1.73 bits per heavy atom. The summed E-state index contributed by atoms with van der Waals surface area (Å²) in [6.07, 6.45) is 1.52. The van der Waals surface area contributed by atoms with Gasteiger partial charge in [0.15, 0.2) is 0 Å². The molecule has 1 atom stereocenters. The van der Waals surface area contributed by atoms with E-state index >= 15 is 0 Å². The highest BCUT2D eigenvalue weighted by Crippen LogP contribution is 2.26. The van der Waals surface area contributed by atoms with E-state index in [-0.39, 0.29) is 5.92 Å². The second-order valence-electron chi connectivity index (χ2n) is 5.17. The van der Waals surface area contributed by atoms with Crippen molar-refractivity contribution in [3.8, 4) is 0 Å². The van der Waals surface area contributed by atoms with Crippen LogP contribution >= 0.6 is 11.6 Å². The Morgan fingerprint density at radius 1 is 1.09 bits per heavy atom. The lowest BCUT2D eigenvalue weighted by molar-refractivity contribution is 0.0695. The zero-order chi connectivity index (χ0) is 16.1. The molecule has 4 heteroatoms. The van der Waals surface area contributed by atoms with Crippen molar-refractivity contribution >= 4 is 22.8 Å². The van der Waals surface area contributed by atoms with Crippen LogP contribution in [0, 0.1) is 0 Å². The summed E-state index contributed by atoms with van der Waals surface area (Å²) in [6, 6.07) is 14.2. The largest absolute Gasteiger partial charge is 0.478 e. The number of carbonyl (C=O) groups excluding carboxylic acids is 1. The highest BCUT2D eigenvalue weighted by Gasteiger charge is 2.16. The Labute approximate surface area is 134 Å². The molecule has 2 aromatic rings. The normalized spacial score (nSPS) is 11.9. The first kappa shape index (κ1) is 16.2. The molecule has 0 saturated carbocycles. The molecule has 114 valence electrons. The average molecular weight is 317 g/mol. The van der Waals surface area contributed by atoms with Crippen molar-refractivity contribution in [2.45, 2.75) is 25.7 Å². The van der Waals surface area contributed by atoms with Gasteiger partial charge in [0.1, 0.15) is 0 Å². The van der Waals surface area contributed by atoms with E-state index in [0.29, 0.717) is 17.5 Å². The Morgan fingerprint density at radius 3 is 2.27 bits per heavy atom. The third-order valence-corrected chi connectivity index (χ3v) is 4.03. The summed E-state index contributed by atoms with van der Waals surface area (Å²) in [4.78, 5) is 22.4. The highest BCUT2D eigenvalue weighted by molar-refractivity contribution is 6.67. The Kier molecular flexibility index (Phi) is 5.34. The topological polar surface area (TPSA) is 54.4 Å². The van der Waals surface area contributed by atoms with Crippen LogP contribution in [0.1, 0.15) is 51.1 Å². The van der Waals surface area contributed by atoms with Gasteiger partial charge in [0.2, 0.25) is 0 Å². The molecule has 2 aromatic carbocycles. The van der Waals surface area contributed by atoms with Crippen LogP contribution < -0.4 is 0 Å². The minimum Gasteiger partial charge on any atom is -0.478 e. The van der Waals surface area contributed by atoms with Gasteiger partial charge in [-0.25, -0.2) is 4.79 Å². The summed E-state index contributed by atoms with van der Waals surface area (Å²) in [5.41, 5.74) is 2.70. The maximum absolute atomic E-state index is 11.3. The summed E-state index contributed by atoms with van der Waals surface area (Å²) in [5, 5.41) is 8.79. The Hall–Kier alpha value is -2.13. The minimum absolute atomic E-state index is 0.194. The second-order valence-corrected chi connectivity index (χ2v) is 5.51. The molecule has 0 heterocycles. The number of hydrogen-bond acceptors (Lipinski definition) is 2. The standard InChI is InChI=1S/C18H17ClO3/c1-2-12(13-7-9-14(10-8-13)17(19)20)11-15-5-3-4-6-16(15)18(21)22/h3-10,12H,2,11H2,1H3,(H,21,22). The molecule has 22 heavy (non-hydrogen) atoms. The fourth-order valence-corrected chi connectivity index (χ4v) is 2.68. The van der Waals surface area contributed by atoms with Crippen LogP contribution in [0.25, 0.3) is 0 Å². The lowest BCUT2D eigenvalue weighted by atomic mass is 9.88. The first-order valence-corrected chi connectivity index (χ1v) is 7.51. The van der Waals surface area contributed by atoms with E-state index < -0.39 is 11.2 Å². The number of carboxylic acids is 1. The molecule has 0 fully saturated rings. The number of aromatic carboxylic acids is 1. The van der Waals surface area contributed by atoms with Crippen LogP contribution in [0.5, 0.6) is 0 Å². The summed E-state index contributed by atoms with van der Waals surface area (Å²) < 4.78 is 0. The van der Waals surface area contributed by atoms with E-state index in [0.717, 1.165) is 17.5 Å². The van der Waals surface area contributed by atoms with Gasteiger partial charge in [-0.1, -0.05) is 37.3 Å². The monoisotopic (exact) mass is 316 g/mol. The molecular formula is C18H17ClO3. The van der Waals surface area contributed by atoms with Gasteiger partial charge in [-0.15, -0.1) is 0 Å². The number of halogens is 1. The summed E-state index contributed by atoms with van der Waals surface area (Å²) in [6.45, 7) is 2.06. The van der Waals surface area contributed by atoms with Gasteiger partial charge in [0, 0.05) is 5.56 Å². The minimum atomic E-state index is -0.909. The van der Waals surface area contributed by atoms with Crippen LogP contribution in [0.3, 0.4) is 0 Å². The van der Waals surface area contributed by atoms with E-state index in [9.17, 15) is 14.7 Å². The highest BCUT2D eigenvalue weighted by atomic mass is 35.5. The molecule has 1 N–H and O–H groups in total. The fourth-order valence-electron chi connectivity index (χ4n) is 2.56. The average Bonchev–Trinajstić information content (AvgIpc) is 2.53. The number of benzene rings is 2. The third kappa shape index (κ3) is 3.74. The third-order valence-electron chi connectivity index (χ3n) is 3.82. The van der Waals surface area contributed by atoms with Crippen molar-refractivity contribution in [2.75, 3.05) is 0 Å². The molecular weight excluding hydrogens is 300 g/mol. The lowest BCUT2D eigenvalue weighted by Crippen LogP contribution is -2.08. The summed E-state index contributed by atoms with van der Waals surface area (Å²) >= 11 is 5.45. The van der Waals surface area contributed by atoms with Gasteiger partial charge in [0.25, 0.3) is 5.24 Å². The molecule has 0 aliphatic rings. The lowest BCUT2D eigenvalue weighted by Gasteiger charge is -2.17. The van der Waals surface area contributed by atoms with Gasteiger partial charge >= 0.3 is 5.97 Å². The predicted molar refractivity (Wildman–Crippen MR) is 86.8 cm³/mol. The van der Waals surface area contributed by atoms with E-state index in [4.69, 9.17) is 11.6 Å². The van der Waals surface area contributed by atoms with Gasteiger partial charge in [0.05, 0.1) is 5.56 Å². The number of rotatable bonds is 6. The zero-order valence-electron chi connectivity index (χ0n) is 12.3. The van der Waals surface area contributed by atoms with Crippen LogP contribution in [0.4, 0.5) is 0 Å². The number of carboxylic acid groups (broad SMARTS) is 1. The molecule has 1 unspecified atom stereocenters. The van der Waals surface area contributed by atoms with Crippen molar-refractivity contribution in [1.82, 2.24) is 0 Å². The maximum atomic E-state index is 11.3. The molecule has 0 amide bonds. The Bertz CT molecular complexity index is 677. The molecule has 0 radical (unpaired) electrons. The van der Waals surface area contributed by atoms with Crippen LogP contribution in [0.2, 0.25) is 0 Å². The first-order chi connectivity index (χ1) is 10.5. The van der Waals surface area contributed by atoms with Crippen molar-refractivity contribution in [3.05, 3.63) is 70.8 Å². The van der Waals surface area contributed by atoms with E-state index in [1.807, 2.05) is 24.3 Å². The van der Waals surface area contributed by atoms with Gasteiger partial charge in [-0.2, -0.15) is 0 Å². The quantitative estimate of drug-likeness (QED) is 0.798. The van der Waals surface area contributed by atoms with Crippen LogP contribution in [-0.2, 0) is 6.42 Å². The van der Waals surface area contributed by atoms with E-state index in [1.165, 1.54) is 0 Å². The zero-order valence-corrected chi connectivity index (χ0v) is 13.0. The van der Waals surface area contributed by atoms with Gasteiger partial charge < -0.3 is 5.11 Å². The predicted octanol–water partition coefficient (Wildman–Crippen LogP) is 4.50. The second kappa shape index (κ2) is 7.23. The summed E-state index contributed by atoms with van der Waals surface area (Å²) in [7, 11) is 0. The molecule has 0 spiro atoms. The molecule has 3 nitrogen and oxygen atoms in total. The van der Waals surface area contributed by atoms with Crippen LogP contribution in [0.15, 0.2) is 48.5 Å². The fraction of sp³-hybridized carbons (Fsp3) is 0.222. The van der Waals surface area contributed by atoms with Gasteiger partial charge in [-0.05, 0) is 59.7 Å². The van der Waals surface area contributed by atoms with Crippen molar-refractivity contribution < 1.29 is 14.7 Å². The number of hydrogen-bond donors (Lipinski definition) is 1. The Balaban J connectivity index is 2.26. The summed E-state index contributed by atoms with van der Waals surface area (Å²) in [5.74, 6) is -0.714. The first-order valence-electron chi connectivity index (χ1n) is 7.14. The molecule has 0 aliphatic heterocycles. The van der Waals surface area contributed by atoms with E-state index in [1.54, 1.807) is 24.3 Å². The molecule has 0 bridgehead atoms. The van der Waals surface area contributed by atoms with E-state index in [2.05, 4.69) is 6.92 Å². The molecule has 0 saturated heterocycles. The van der Waals surface area contributed by atoms with Crippen molar-refractivity contribution in [1.29, 1.82) is 0 Å². The number of carbonyl (C=O) groups is 2. The van der Waals surface area contributed by atoms with Crippen LogP contribution in [-0.4, -0.2) is 16.3 Å². The van der Waals surface area contributed by atoms with Crippen molar-refractivity contribution in [2.24, 2.45) is 0 Å². The molecule has 0 aliphatic carbocycles. The SMILES string of the molecule is CCC(Cc1ccccc1C(=O)O)c1ccc(C(=O)Cl)cc1. The van der Waals surface area contributed by atoms with Gasteiger partial charge in [-0.3, -0.25) is 4.79 Å². The maximum Gasteiger partial charge on any atom is 0.335 e. The smallest absolute Gasteiger partial charge is 0.335 e. The molecule has 2 rings (SSSR count). The molecule has 0 aromatic heterocycles.